The molecular weight excluding hydrogens is 470 g/mol. The molecule has 0 fully saturated rings. The summed E-state index contributed by atoms with van der Waals surface area (Å²) in [6, 6.07) is 15.0. The molecule has 1 aliphatic carbocycles. The third-order valence-corrected chi connectivity index (χ3v) is 6.64. The summed E-state index contributed by atoms with van der Waals surface area (Å²) >= 11 is 0.934. The summed E-state index contributed by atoms with van der Waals surface area (Å²) < 4.78 is 10.4. The Morgan fingerprint density at radius 1 is 1.09 bits per heavy atom. The molecule has 2 amide bonds. The van der Waals surface area contributed by atoms with Gasteiger partial charge in [-0.25, -0.2) is 14.6 Å². The van der Waals surface area contributed by atoms with E-state index in [-0.39, 0.29) is 29.0 Å². The second-order valence-electron chi connectivity index (χ2n) is 7.98. The normalized spacial score (nSPS) is 12.9. The number of nitrogens with zero attached hydrogens (tertiary/aromatic N) is 1. The lowest BCUT2D eigenvalue weighted by molar-refractivity contribution is -0.139. The number of aliphatic carboxylic acids is 1. The number of carbonyl (C=O) groups is 3. The molecule has 35 heavy (non-hydrogen) atoms. The largest absolute Gasteiger partial charge is 0.480 e. The molecule has 1 heterocycles. The van der Waals surface area contributed by atoms with Gasteiger partial charge in [-0.3, -0.25) is 10.1 Å². The smallest absolute Gasteiger partial charge is 0.413 e. The van der Waals surface area contributed by atoms with Crippen LogP contribution in [0, 0.1) is 0 Å². The van der Waals surface area contributed by atoms with Gasteiger partial charge in [0.05, 0.1) is 6.20 Å². The minimum Gasteiger partial charge on any atom is -0.480 e. The van der Waals surface area contributed by atoms with E-state index in [1.807, 2.05) is 36.4 Å². The Labute approximate surface area is 206 Å². The average molecular weight is 496 g/mol. The van der Waals surface area contributed by atoms with Gasteiger partial charge in [0.15, 0.2) is 5.13 Å². The molecule has 0 radical (unpaired) electrons. The number of rotatable bonds is 10. The van der Waals surface area contributed by atoms with Crippen molar-refractivity contribution >= 4 is 34.4 Å². The highest BCUT2D eigenvalue weighted by Gasteiger charge is 2.29. The molecule has 9 nitrogen and oxygen atoms in total. The summed E-state index contributed by atoms with van der Waals surface area (Å²) in [4.78, 5) is 40.5. The molecule has 0 saturated heterocycles. The molecule has 182 valence electrons. The second-order valence-corrected chi connectivity index (χ2v) is 9.01. The number of fused-ring (bicyclic) bond motifs is 3. The summed E-state index contributed by atoms with van der Waals surface area (Å²) in [6.07, 6.45) is 1.33. The SMILES string of the molecule is COCCCC(NC(=O)c1cnc(NC(=O)OCC2c3ccccc3-c3ccccc32)s1)C(=O)O. The number of methoxy groups -OCH3 is 1. The van der Waals surface area contributed by atoms with Crippen molar-refractivity contribution in [2.75, 3.05) is 25.6 Å². The van der Waals surface area contributed by atoms with E-state index in [9.17, 15) is 19.5 Å². The van der Waals surface area contributed by atoms with Gasteiger partial charge in [-0.15, -0.1) is 0 Å². The summed E-state index contributed by atoms with van der Waals surface area (Å²) in [5.41, 5.74) is 4.48. The molecule has 0 spiro atoms. The highest BCUT2D eigenvalue weighted by Crippen LogP contribution is 2.44. The highest BCUT2D eigenvalue weighted by atomic mass is 32.1. The van der Waals surface area contributed by atoms with Gasteiger partial charge in [0, 0.05) is 19.6 Å². The van der Waals surface area contributed by atoms with Gasteiger partial charge in [-0.05, 0) is 35.1 Å². The van der Waals surface area contributed by atoms with E-state index in [0.29, 0.717) is 13.0 Å². The van der Waals surface area contributed by atoms with Crippen molar-refractivity contribution < 1.29 is 29.0 Å². The summed E-state index contributed by atoms with van der Waals surface area (Å²) in [6.45, 7) is 0.550. The molecule has 3 aromatic rings. The van der Waals surface area contributed by atoms with Crippen LogP contribution in [-0.2, 0) is 14.3 Å². The Balaban J connectivity index is 1.33. The third-order valence-electron chi connectivity index (χ3n) is 5.73. The van der Waals surface area contributed by atoms with Crippen LogP contribution in [0.15, 0.2) is 54.7 Å². The maximum atomic E-state index is 12.4. The quantitative estimate of drug-likeness (QED) is 0.361. The molecule has 1 unspecified atom stereocenters. The number of carboxylic acid groups (broad SMARTS) is 1. The number of carboxylic acids is 1. The molecule has 1 aliphatic rings. The van der Waals surface area contributed by atoms with Crippen LogP contribution in [0.4, 0.5) is 9.93 Å². The molecule has 1 atom stereocenters. The van der Waals surface area contributed by atoms with Crippen molar-refractivity contribution in [1.82, 2.24) is 10.3 Å². The molecule has 4 rings (SSSR count). The zero-order chi connectivity index (χ0) is 24.8. The van der Waals surface area contributed by atoms with Crippen molar-refractivity contribution in [2.24, 2.45) is 0 Å². The van der Waals surface area contributed by atoms with Crippen LogP contribution < -0.4 is 10.6 Å². The van der Waals surface area contributed by atoms with Gasteiger partial charge in [0.2, 0.25) is 0 Å². The van der Waals surface area contributed by atoms with Crippen LogP contribution in [0.2, 0.25) is 0 Å². The molecule has 0 bridgehead atoms. The van der Waals surface area contributed by atoms with E-state index in [2.05, 4.69) is 27.8 Å². The number of amides is 2. The van der Waals surface area contributed by atoms with Gasteiger partial charge in [0.25, 0.3) is 5.91 Å². The standard InChI is InChI=1S/C25H25N3O6S/c1-33-12-6-11-20(23(30)31)27-22(29)21-13-26-24(35-21)28-25(32)34-14-19-17-9-4-2-7-15(17)16-8-3-5-10-18(16)19/h2-5,7-10,13,19-20H,6,11-12,14H2,1H3,(H,27,29)(H,30,31)(H,26,28,32). The number of hydrogen-bond acceptors (Lipinski definition) is 7. The van der Waals surface area contributed by atoms with Crippen LogP contribution in [0.1, 0.15) is 39.6 Å². The number of carbonyl (C=O) groups excluding carboxylic acids is 2. The van der Waals surface area contributed by atoms with E-state index >= 15 is 0 Å². The first-order chi connectivity index (χ1) is 17.0. The van der Waals surface area contributed by atoms with E-state index in [1.54, 1.807) is 0 Å². The number of nitrogens with one attached hydrogen (secondary N) is 2. The van der Waals surface area contributed by atoms with Crippen LogP contribution in [0.3, 0.4) is 0 Å². The van der Waals surface area contributed by atoms with Crippen LogP contribution >= 0.6 is 11.3 Å². The summed E-state index contributed by atoms with van der Waals surface area (Å²) in [5, 5.41) is 14.5. The Kier molecular flexibility index (Phi) is 7.74. The maximum Gasteiger partial charge on any atom is 0.413 e. The average Bonchev–Trinajstić information content (AvgIpc) is 3.45. The zero-order valence-corrected chi connectivity index (χ0v) is 19.8. The molecule has 1 aromatic heterocycles. The fourth-order valence-corrected chi connectivity index (χ4v) is 4.78. The summed E-state index contributed by atoms with van der Waals surface area (Å²) in [5.74, 6) is -1.78. The number of benzene rings is 2. The van der Waals surface area contributed by atoms with E-state index < -0.39 is 24.0 Å². The number of aromatic nitrogens is 1. The molecule has 3 N–H and O–H groups in total. The van der Waals surface area contributed by atoms with Gasteiger partial charge < -0.3 is 19.9 Å². The predicted octanol–water partition coefficient (Wildman–Crippen LogP) is 4.11. The van der Waals surface area contributed by atoms with Crippen LogP contribution in [-0.4, -0.2) is 54.4 Å². The number of hydrogen-bond donors (Lipinski definition) is 3. The van der Waals surface area contributed by atoms with Gasteiger partial charge in [0.1, 0.15) is 17.5 Å². The van der Waals surface area contributed by atoms with Crippen molar-refractivity contribution in [3.63, 3.8) is 0 Å². The van der Waals surface area contributed by atoms with Crippen LogP contribution in [0.25, 0.3) is 11.1 Å². The first-order valence-corrected chi connectivity index (χ1v) is 11.9. The Hall–Kier alpha value is -3.76. The minimum atomic E-state index is -1.13. The number of ether oxygens (including phenoxy) is 2. The van der Waals surface area contributed by atoms with Crippen LogP contribution in [0.5, 0.6) is 0 Å². The Bertz CT molecular complexity index is 1180. The molecule has 10 heteroatoms. The number of thiazole rings is 1. The fraction of sp³-hybridized carbons (Fsp3) is 0.280. The van der Waals surface area contributed by atoms with Gasteiger partial charge in [-0.1, -0.05) is 59.9 Å². The molecule has 0 saturated carbocycles. The predicted molar refractivity (Wildman–Crippen MR) is 131 cm³/mol. The van der Waals surface area contributed by atoms with Crippen molar-refractivity contribution in [3.05, 3.63) is 70.7 Å². The van der Waals surface area contributed by atoms with E-state index in [4.69, 9.17) is 9.47 Å². The van der Waals surface area contributed by atoms with E-state index in [1.165, 1.54) is 13.3 Å². The first-order valence-electron chi connectivity index (χ1n) is 11.1. The monoisotopic (exact) mass is 495 g/mol. The van der Waals surface area contributed by atoms with Crippen molar-refractivity contribution in [2.45, 2.75) is 24.8 Å². The number of anilines is 1. The lowest BCUT2D eigenvalue weighted by Crippen LogP contribution is -2.40. The molecule has 2 aromatic carbocycles. The van der Waals surface area contributed by atoms with Crippen molar-refractivity contribution in [3.8, 4) is 11.1 Å². The molecule has 0 aliphatic heterocycles. The summed E-state index contributed by atoms with van der Waals surface area (Å²) in [7, 11) is 1.52. The van der Waals surface area contributed by atoms with E-state index in [0.717, 1.165) is 33.6 Å². The Morgan fingerprint density at radius 3 is 2.37 bits per heavy atom. The first kappa shape index (κ1) is 24.4. The lowest BCUT2D eigenvalue weighted by Gasteiger charge is -2.14. The van der Waals surface area contributed by atoms with Gasteiger partial charge in [-0.2, -0.15) is 0 Å². The Morgan fingerprint density at radius 2 is 1.74 bits per heavy atom. The topological polar surface area (TPSA) is 127 Å². The minimum absolute atomic E-state index is 0.0724. The fourth-order valence-electron chi connectivity index (χ4n) is 4.08. The van der Waals surface area contributed by atoms with Crippen molar-refractivity contribution in [1.29, 1.82) is 0 Å². The second kappa shape index (κ2) is 11.1. The lowest BCUT2D eigenvalue weighted by atomic mass is 9.98. The highest BCUT2D eigenvalue weighted by molar-refractivity contribution is 7.17. The zero-order valence-electron chi connectivity index (χ0n) is 19.0. The van der Waals surface area contributed by atoms with Gasteiger partial charge >= 0.3 is 12.1 Å². The third kappa shape index (κ3) is 5.67. The molecular formula is C25H25N3O6S. The maximum absolute atomic E-state index is 12.4.